The quantitative estimate of drug-likeness (QED) is 0.783. The average Bonchev–Trinajstić information content (AvgIpc) is 2.34. The molecule has 0 heterocycles. The molecular formula is C15H25NO. The fourth-order valence-corrected chi connectivity index (χ4v) is 2.19. The summed E-state index contributed by atoms with van der Waals surface area (Å²) < 4.78 is 5.37. The second-order valence-electron chi connectivity index (χ2n) is 4.97. The van der Waals surface area contributed by atoms with E-state index >= 15 is 0 Å². The van der Waals surface area contributed by atoms with Crippen molar-refractivity contribution in [2.75, 3.05) is 14.2 Å². The van der Waals surface area contributed by atoms with Gasteiger partial charge in [0.25, 0.3) is 0 Å². The van der Waals surface area contributed by atoms with E-state index in [-0.39, 0.29) is 0 Å². The van der Waals surface area contributed by atoms with E-state index in [9.17, 15) is 0 Å². The summed E-state index contributed by atoms with van der Waals surface area (Å²) in [5, 5.41) is 3.40. The molecule has 1 N–H and O–H groups in total. The summed E-state index contributed by atoms with van der Waals surface area (Å²) in [6, 6.07) is 8.88. The van der Waals surface area contributed by atoms with Crippen LogP contribution in [0.3, 0.4) is 0 Å². The normalized spacial score (nSPS) is 12.8. The van der Waals surface area contributed by atoms with Crippen LogP contribution in [0.15, 0.2) is 24.3 Å². The Balaban J connectivity index is 2.53. The molecule has 0 saturated carbocycles. The summed E-state index contributed by atoms with van der Waals surface area (Å²) >= 11 is 0. The summed E-state index contributed by atoms with van der Waals surface area (Å²) in [5.41, 5.74) is 1.30. The molecule has 17 heavy (non-hydrogen) atoms. The van der Waals surface area contributed by atoms with Crippen molar-refractivity contribution in [1.29, 1.82) is 0 Å². The average molecular weight is 235 g/mol. The number of rotatable bonds is 7. The van der Waals surface area contributed by atoms with Crippen molar-refractivity contribution in [3.63, 3.8) is 0 Å². The van der Waals surface area contributed by atoms with Crippen LogP contribution in [0.1, 0.15) is 32.3 Å². The number of ether oxygens (including phenoxy) is 1. The van der Waals surface area contributed by atoms with E-state index in [1.807, 2.05) is 12.1 Å². The van der Waals surface area contributed by atoms with Gasteiger partial charge in [0, 0.05) is 6.04 Å². The summed E-state index contributed by atoms with van der Waals surface area (Å²) in [6.07, 6.45) is 3.46. The molecule has 1 rings (SSSR count). The molecule has 0 radical (unpaired) electrons. The Morgan fingerprint density at radius 2 is 1.94 bits per heavy atom. The molecule has 1 atom stereocenters. The minimum atomic E-state index is 0.597. The van der Waals surface area contributed by atoms with Crippen molar-refractivity contribution >= 4 is 0 Å². The van der Waals surface area contributed by atoms with Crippen molar-refractivity contribution in [1.82, 2.24) is 5.32 Å². The van der Waals surface area contributed by atoms with Crippen molar-refractivity contribution in [2.45, 2.75) is 39.2 Å². The molecule has 1 aromatic rings. The van der Waals surface area contributed by atoms with E-state index in [0.29, 0.717) is 6.04 Å². The third kappa shape index (κ3) is 4.78. The van der Waals surface area contributed by atoms with Gasteiger partial charge in [0.1, 0.15) is 5.75 Å². The molecule has 1 aromatic carbocycles. The Morgan fingerprint density at radius 1 is 1.24 bits per heavy atom. The number of hydrogen-bond acceptors (Lipinski definition) is 2. The van der Waals surface area contributed by atoms with Crippen LogP contribution in [0.4, 0.5) is 0 Å². The van der Waals surface area contributed by atoms with Crippen LogP contribution in [0.2, 0.25) is 0 Å². The van der Waals surface area contributed by atoms with Crippen molar-refractivity contribution in [2.24, 2.45) is 5.92 Å². The van der Waals surface area contributed by atoms with Crippen LogP contribution in [0.25, 0.3) is 0 Å². The molecule has 0 aliphatic rings. The number of nitrogens with one attached hydrogen (secondary N) is 1. The Hall–Kier alpha value is -1.02. The van der Waals surface area contributed by atoms with E-state index in [2.05, 4.69) is 38.3 Å². The molecule has 2 nitrogen and oxygen atoms in total. The van der Waals surface area contributed by atoms with Gasteiger partial charge in [0.15, 0.2) is 0 Å². The number of hydrogen-bond donors (Lipinski definition) is 1. The predicted molar refractivity (Wildman–Crippen MR) is 73.6 cm³/mol. The SMILES string of the molecule is CNC(CCc1ccccc1OC)CC(C)C. The Bertz CT molecular complexity index is 322. The summed E-state index contributed by atoms with van der Waals surface area (Å²) in [4.78, 5) is 0. The van der Waals surface area contributed by atoms with Gasteiger partial charge in [-0.25, -0.2) is 0 Å². The Labute approximate surface area is 105 Å². The van der Waals surface area contributed by atoms with E-state index in [1.165, 1.54) is 12.0 Å². The molecule has 0 bridgehead atoms. The van der Waals surface area contributed by atoms with Crippen molar-refractivity contribution < 1.29 is 4.74 Å². The molecule has 0 saturated heterocycles. The number of aryl methyl sites for hydroxylation is 1. The summed E-state index contributed by atoms with van der Waals surface area (Å²) in [7, 11) is 3.79. The second-order valence-corrected chi connectivity index (χ2v) is 4.97. The first-order valence-corrected chi connectivity index (χ1v) is 6.46. The molecule has 1 unspecified atom stereocenters. The van der Waals surface area contributed by atoms with Crippen molar-refractivity contribution in [3.05, 3.63) is 29.8 Å². The van der Waals surface area contributed by atoms with E-state index < -0.39 is 0 Å². The lowest BCUT2D eigenvalue weighted by Gasteiger charge is -2.18. The molecule has 0 aliphatic carbocycles. The minimum absolute atomic E-state index is 0.597. The number of para-hydroxylation sites is 1. The van der Waals surface area contributed by atoms with Gasteiger partial charge in [0.05, 0.1) is 7.11 Å². The molecule has 0 fully saturated rings. The largest absolute Gasteiger partial charge is 0.496 e. The second kappa shape index (κ2) is 7.33. The molecule has 0 spiro atoms. The van der Waals surface area contributed by atoms with Crippen LogP contribution in [-0.4, -0.2) is 20.2 Å². The third-order valence-corrected chi connectivity index (χ3v) is 3.12. The van der Waals surface area contributed by atoms with Crippen LogP contribution in [0, 0.1) is 5.92 Å². The zero-order chi connectivity index (χ0) is 12.7. The Morgan fingerprint density at radius 3 is 2.53 bits per heavy atom. The van der Waals surface area contributed by atoms with Gasteiger partial charge in [-0.3, -0.25) is 0 Å². The van der Waals surface area contributed by atoms with E-state index in [4.69, 9.17) is 4.74 Å². The minimum Gasteiger partial charge on any atom is -0.496 e. The lowest BCUT2D eigenvalue weighted by Crippen LogP contribution is -2.27. The van der Waals surface area contributed by atoms with Crippen molar-refractivity contribution in [3.8, 4) is 5.75 Å². The first kappa shape index (κ1) is 14.0. The zero-order valence-electron chi connectivity index (χ0n) is 11.5. The maximum atomic E-state index is 5.37. The van der Waals surface area contributed by atoms with Crippen LogP contribution in [-0.2, 0) is 6.42 Å². The first-order chi connectivity index (χ1) is 8.17. The fourth-order valence-electron chi connectivity index (χ4n) is 2.19. The molecule has 0 aromatic heterocycles. The fraction of sp³-hybridized carbons (Fsp3) is 0.600. The van der Waals surface area contributed by atoms with Gasteiger partial charge >= 0.3 is 0 Å². The molecular weight excluding hydrogens is 210 g/mol. The summed E-state index contributed by atoms with van der Waals surface area (Å²) in [5.74, 6) is 1.75. The van der Waals surface area contributed by atoms with Crippen LogP contribution >= 0.6 is 0 Å². The first-order valence-electron chi connectivity index (χ1n) is 6.46. The highest BCUT2D eigenvalue weighted by molar-refractivity contribution is 5.33. The van der Waals surface area contributed by atoms with E-state index in [1.54, 1.807) is 7.11 Å². The van der Waals surface area contributed by atoms with Gasteiger partial charge in [-0.05, 0) is 43.9 Å². The van der Waals surface area contributed by atoms with Gasteiger partial charge < -0.3 is 10.1 Å². The van der Waals surface area contributed by atoms with Gasteiger partial charge in [-0.1, -0.05) is 32.0 Å². The molecule has 0 amide bonds. The number of benzene rings is 1. The predicted octanol–water partition coefficient (Wildman–Crippen LogP) is 3.26. The standard InChI is InChI=1S/C15H25NO/c1-12(2)11-14(16-3)10-9-13-7-5-6-8-15(13)17-4/h5-8,12,14,16H,9-11H2,1-4H3. The monoisotopic (exact) mass is 235 g/mol. The smallest absolute Gasteiger partial charge is 0.122 e. The summed E-state index contributed by atoms with van der Waals surface area (Å²) in [6.45, 7) is 4.54. The maximum Gasteiger partial charge on any atom is 0.122 e. The van der Waals surface area contributed by atoms with Crippen LogP contribution in [0.5, 0.6) is 5.75 Å². The van der Waals surface area contributed by atoms with Gasteiger partial charge in [-0.2, -0.15) is 0 Å². The van der Waals surface area contributed by atoms with E-state index in [0.717, 1.165) is 24.5 Å². The zero-order valence-corrected chi connectivity index (χ0v) is 11.5. The Kier molecular flexibility index (Phi) is 6.06. The lowest BCUT2D eigenvalue weighted by atomic mass is 9.97. The maximum absolute atomic E-state index is 5.37. The third-order valence-electron chi connectivity index (χ3n) is 3.12. The highest BCUT2D eigenvalue weighted by Crippen LogP contribution is 2.20. The lowest BCUT2D eigenvalue weighted by molar-refractivity contribution is 0.399. The highest BCUT2D eigenvalue weighted by Gasteiger charge is 2.10. The van der Waals surface area contributed by atoms with Gasteiger partial charge in [0.2, 0.25) is 0 Å². The molecule has 2 heteroatoms. The highest BCUT2D eigenvalue weighted by atomic mass is 16.5. The van der Waals surface area contributed by atoms with Crippen LogP contribution < -0.4 is 10.1 Å². The topological polar surface area (TPSA) is 21.3 Å². The van der Waals surface area contributed by atoms with Gasteiger partial charge in [-0.15, -0.1) is 0 Å². The molecule has 96 valence electrons. The number of methoxy groups -OCH3 is 1. The molecule has 0 aliphatic heterocycles.